The molecule has 9 heavy (non-hydrogen) atoms. The van der Waals surface area contributed by atoms with Gasteiger partial charge in [0.25, 0.3) is 0 Å². The molecule has 0 bridgehead atoms. The maximum Gasteiger partial charge on any atom is 0.171 e. The Bertz CT molecular complexity index is 210. The van der Waals surface area contributed by atoms with Crippen molar-refractivity contribution in [2.75, 3.05) is 0 Å². The first-order chi connectivity index (χ1) is 4.38. The number of hydrogen-bond acceptors (Lipinski definition) is 4. The smallest absolute Gasteiger partial charge is 0.171 e. The van der Waals surface area contributed by atoms with Gasteiger partial charge >= 0.3 is 0 Å². The highest BCUT2D eigenvalue weighted by atomic mass is 31.1. The molecule has 44 valence electrons. The summed E-state index contributed by atoms with van der Waals surface area (Å²) in [7, 11) is 0.641. The molecular formula is C4H3N4P. The Morgan fingerprint density at radius 1 is 1.44 bits per heavy atom. The fraction of sp³-hybridized carbons (Fsp3) is 0.500. The first kappa shape index (κ1) is 6.16. The van der Waals surface area contributed by atoms with Gasteiger partial charge in [0.2, 0.25) is 0 Å². The molecule has 1 rings (SSSR count). The molecule has 5 heteroatoms. The summed E-state index contributed by atoms with van der Waals surface area (Å²) in [4.78, 5) is 0. The number of nitrogens with zero attached hydrogens (tertiary/aromatic N) is 3. The summed E-state index contributed by atoms with van der Waals surface area (Å²) < 4.78 is 3.78. The summed E-state index contributed by atoms with van der Waals surface area (Å²) in [6.45, 7) is 0. The maximum atomic E-state index is 8.34. The van der Waals surface area contributed by atoms with Gasteiger partial charge in [0.15, 0.2) is 6.04 Å². The molecule has 0 aromatic carbocycles. The van der Waals surface area contributed by atoms with Crippen LogP contribution in [0.1, 0.15) is 0 Å². The molecule has 0 aromatic heterocycles. The van der Waals surface area contributed by atoms with Crippen LogP contribution in [-0.4, -0.2) is 12.1 Å². The molecule has 2 atom stereocenters. The van der Waals surface area contributed by atoms with Crippen LogP contribution in [0, 0.1) is 22.7 Å². The topological polar surface area (TPSA) is 72.0 Å². The minimum atomic E-state index is -0.475. The largest absolute Gasteiger partial charge is 0.236 e. The Balaban J connectivity index is 2.65. The average molecular weight is 138 g/mol. The van der Waals surface area contributed by atoms with Crippen molar-refractivity contribution >= 4 is 8.52 Å². The van der Waals surface area contributed by atoms with E-state index in [2.05, 4.69) is 9.83 Å². The lowest BCUT2D eigenvalue weighted by molar-refractivity contribution is 0.728. The van der Waals surface area contributed by atoms with Crippen molar-refractivity contribution in [2.24, 2.45) is 4.74 Å². The summed E-state index contributed by atoms with van der Waals surface area (Å²) in [5, 5.41) is 19.4. The predicted molar refractivity (Wildman–Crippen MR) is 31.3 cm³/mol. The van der Waals surface area contributed by atoms with E-state index >= 15 is 0 Å². The van der Waals surface area contributed by atoms with Crippen LogP contribution in [0.5, 0.6) is 0 Å². The molecule has 0 amide bonds. The van der Waals surface area contributed by atoms with Gasteiger partial charge < -0.3 is 0 Å². The molecule has 2 unspecified atom stereocenters. The van der Waals surface area contributed by atoms with Gasteiger partial charge in [-0.15, -0.1) is 0 Å². The number of nitriles is 2. The van der Waals surface area contributed by atoms with Gasteiger partial charge in [0.05, 0.1) is 20.7 Å². The van der Waals surface area contributed by atoms with E-state index in [4.69, 9.17) is 10.5 Å². The van der Waals surface area contributed by atoms with E-state index in [9.17, 15) is 0 Å². The molecule has 1 heterocycles. The molecule has 0 aromatic rings. The van der Waals surface area contributed by atoms with Crippen LogP contribution in [0.3, 0.4) is 0 Å². The summed E-state index contributed by atoms with van der Waals surface area (Å²) in [6.07, 6.45) is 0. The summed E-state index contributed by atoms with van der Waals surface area (Å²) in [5.74, 6) is 0. The van der Waals surface area contributed by atoms with Crippen LogP contribution in [0.15, 0.2) is 4.74 Å². The number of hydrogen-bond donors (Lipinski definition) is 1. The van der Waals surface area contributed by atoms with Crippen LogP contribution in [-0.2, 0) is 0 Å². The summed E-state index contributed by atoms with van der Waals surface area (Å²) >= 11 is 0. The van der Waals surface area contributed by atoms with E-state index in [1.165, 1.54) is 0 Å². The van der Waals surface area contributed by atoms with Gasteiger partial charge in [-0.2, -0.15) is 10.5 Å². The average Bonchev–Trinajstić information content (AvgIpc) is 2.33. The van der Waals surface area contributed by atoms with Crippen LogP contribution < -0.4 is 5.09 Å². The first-order valence-electron chi connectivity index (χ1n) is 2.33. The monoisotopic (exact) mass is 138 g/mol. The molecule has 1 N–H and O–H groups in total. The van der Waals surface area contributed by atoms with Crippen molar-refractivity contribution in [3.05, 3.63) is 0 Å². The second kappa shape index (κ2) is 2.55. The minimum Gasteiger partial charge on any atom is -0.236 e. The molecule has 0 saturated carbocycles. The van der Waals surface area contributed by atoms with Crippen molar-refractivity contribution < 1.29 is 0 Å². The van der Waals surface area contributed by atoms with Crippen molar-refractivity contribution in [2.45, 2.75) is 12.1 Å². The molecule has 0 spiro atoms. The van der Waals surface area contributed by atoms with Crippen LogP contribution in [0.25, 0.3) is 0 Å². The van der Waals surface area contributed by atoms with E-state index in [0.29, 0.717) is 8.52 Å². The van der Waals surface area contributed by atoms with Crippen molar-refractivity contribution in [3.8, 4) is 12.1 Å². The fourth-order valence-electron chi connectivity index (χ4n) is 0.495. The van der Waals surface area contributed by atoms with Crippen LogP contribution in [0.2, 0.25) is 0 Å². The molecule has 4 nitrogen and oxygen atoms in total. The van der Waals surface area contributed by atoms with Crippen LogP contribution in [0.4, 0.5) is 0 Å². The molecule has 1 aliphatic rings. The lowest BCUT2D eigenvalue weighted by Gasteiger charge is -1.97. The second-order valence-corrected chi connectivity index (χ2v) is 2.21. The molecule has 1 aliphatic heterocycles. The van der Waals surface area contributed by atoms with E-state index in [1.807, 2.05) is 12.1 Å². The molecule has 0 aliphatic carbocycles. The highest BCUT2D eigenvalue weighted by Crippen LogP contribution is 2.13. The summed E-state index contributed by atoms with van der Waals surface area (Å²) in [6, 6.07) is 2.96. The van der Waals surface area contributed by atoms with Gasteiger partial charge in [0, 0.05) is 0 Å². The lowest BCUT2D eigenvalue weighted by atomic mass is 10.2. The Morgan fingerprint density at radius 2 is 2.22 bits per heavy atom. The van der Waals surface area contributed by atoms with Gasteiger partial charge in [-0.05, 0) is 0 Å². The first-order valence-corrected chi connectivity index (χ1v) is 3.18. The normalized spacial score (nSPS) is 33.1. The highest BCUT2D eigenvalue weighted by molar-refractivity contribution is 7.24. The van der Waals surface area contributed by atoms with Gasteiger partial charge in [0.1, 0.15) is 6.04 Å². The third-order valence-electron chi connectivity index (χ3n) is 0.966. The van der Waals surface area contributed by atoms with Crippen molar-refractivity contribution in [1.29, 1.82) is 10.5 Å². The van der Waals surface area contributed by atoms with Gasteiger partial charge in [-0.25, -0.2) is 9.83 Å². The van der Waals surface area contributed by atoms with Crippen molar-refractivity contribution in [1.82, 2.24) is 5.09 Å². The quantitative estimate of drug-likeness (QED) is 0.493. The SMILES string of the molecule is N#CC1N=PNC1C#N. The zero-order chi connectivity index (χ0) is 6.69. The third kappa shape index (κ3) is 1.05. The maximum absolute atomic E-state index is 8.34. The van der Waals surface area contributed by atoms with Crippen LogP contribution >= 0.6 is 8.52 Å². The third-order valence-corrected chi connectivity index (χ3v) is 1.72. The van der Waals surface area contributed by atoms with E-state index in [-0.39, 0.29) is 0 Å². The molecular weight excluding hydrogens is 135 g/mol. The fourth-order valence-corrected chi connectivity index (χ4v) is 1.19. The number of rotatable bonds is 0. The predicted octanol–water partition coefficient (Wildman–Crippen LogP) is 0.419. The van der Waals surface area contributed by atoms with E-state index in [0.717, 1.165) is 0 Å². The zero-order valence-electron chi connectivity index (χ0n) is 4.44. The standard InChI is InChI=1S/C4H3N4P/c5-1-3-4(2-6)8-9-7-3/h3-4H,(H,7,8). The lowest BCUT2D eigenvalue weighted by Crippen LogP contribution is -2.25. The van der Waals surface area contributed by atoms with Crippen molar-refractivity contribution in [3.63, 3.8) is 0 Å². The van der Waals surface area contributed by atoms with Gasteiger partial charge in [-0.1, -0.05) is 0 Å². The Kier molecular flexibility index (Phi) is 1.75. The minimum absolute atomic E-state index is 0.406. The van der Waals surface area contributed by atoms with E-state index in [1.54, 1.807) is 0 Å². The molecule has 0 radical (unpaired) electrons. The van der Waals surface area contributed by atoms with Gasteiger partial charge in [-0.3, -0.25) is 0 Å². The van der Waals surface area contributed by atoms with E-state index < -0.39 is 12.1 Å². The highest BCUT2D eigenvalue weighted by Gasteiger charge is 2.23. The second-order valence-electron chi connectivity index (χ2n) is 1.53. The zero-order valence-corrected chi connectivity index (χ0v) is 5.34. The Hall–Kier alpha value is -0.960. The Morgan fingerprint density at radius 3 is 2.67 bits per heavy atom. The molecule has 0 saturated heterocycles. The Labute approximate surface area is 54.0 Å². The molecule has 0 fully saturated rings. The number of nitrogens with one attached hydrogen (secondary N) is 1. The summed E-state index contributed by atoms with van der Waals surface area (Å²) in [5.41, 5.74) is 0.